The Morgan fingerprint density at radius 2 is 2.11 bits per heavy atom. The molecule has 0 saturated carbocycles. The molecular formula is C14H22N2O2. The third-order valence-electron chi connectivity index (χ3n) is 2.75. The molecule has 0 atom stereocenters. The lowest BCUT2D eigenvalue weighted by Gasteiger charge is -2.14. The highest BCUT2D eigenvalue weighted by molar-refractivity contribution is 6.01. The number of oxime groups is 1. The summed E-state index contributed by atoms with van der Waals surface area (Å²) < 4.78 is 5.82. The molecule has 0 aliphatic carbocycles. The van der Waals surface area contributed by atoms with E-state index in [1.807, 2.05) is 39.2 Å². The second kappa shape index (κ2) is 7.01. The lowest BCUT2D eigenvalue weighted by molar-refractivity contribution is 0.279. The summed E-state index contributed by atoms with van der Waals surface area (Å²) >= 11 is 0. The van der Waals surface area contributed by atoms with Gasteiger partial charge in [0.15, 0.2) is 0 Å². The van der Waals surface area contributed by atoms with Crippen molar-refractivity contribution in [1.82, 2.24) is 4.90 Å². The van der Waals surface area contributed by atoms with Gasteiger partial charge in [0.25, 0.3) is 0 Å². The molecule has 100 valence electrons. The van der Waals surface area contributed by atoms with Crippen molar-refractivity contribution in [1.29, 1.82) is 0 Å². The monoisotopic (exact) mass is 250 g/mol. The number of nitrogens with zero attached hydrogens (tertiary/aromatic N) is 2. The van der Waals surface area contributed by atoms with E-state index in [9.17, 15) is 0 Å². The van der Waals surface area contributed by atoms with Crippen LogP contribution >= 0.6 is 0 Å². The summed E-state index contributed by atoms with van der Waals surface area (Å²) in [5.41, 5.74) is 2.48. The molecule has 0 spiro atoms. The van der Waals surface area contributed by atoms with Crippen LogP contribution in [-0.2, 0) is 0 Å². The normalized spacial score (nSPS) is 11.9. The molecule has 0 radical (unpaired) electrons. The zero-order chi connectivity index (χ0) is 13.5. The van der Waals surface area contributed by atoms with Crippen LogP contribution in [0.3, 0.4) is 0 Å². The Hall–Kier alpha value is -1.55. The second-order valence-corrected chi connectivity index (χ2v) is 4.64. The second-order valence-electron chi connectivity index (χ2n) is 4.64. The van der Waals surface area contributed by atoms with Crippen molar-refractivity contribution in [3.05, 3.63) is 29.3 Å². The molecule has 0 bridgehead atoms. The highest BCUT2D eigenvalue weighted by Crippen LogP contribution is 2.24. The molecule has 0 unspecified atom stereocenters. The summed E-state index contributed by atoms with van der Waals surface area (Å²) in [5, 5.41) is 12.1. The number of ether oxygens (including phenoxy) is 1. The van der Waals surface area contributed by atoms with Gasteiger partial charge in [0.1, 0.15) is 5.75 Å². The maximum absolute atomic E-state index is 8.87. The minimum Gasteiger partial charge on any atom is -0.493 e. The van der Waals surface area contributed by atoms with E-state index in [-0.39, 0.29) is 0 Å². The van der Waals surface area contributed by atoms with Gasteiger partial charge >= 0.3 is 0 Å². The van der Waals surface area contributed by atoms with Crippen LogP contribution in [0, 0.1) is 6.92 Å². The average Bonchev–Trinajstić information content (AvgIpc) is 2.34. The molecule has 1 aromatic rings. The van der Waals surface area contributed by atoms with Crippen molar-refractivity contribution in [2.75, 3.05) is 27.2 Å². The third-order valence-corrected chi connectivity index (χ3v) is 2.75. The van der Waals surface area contributed by atoms with E-state index >= 15 is 0 Å². The van der Waals surface area contributed by atoms with Gasteiger partial charge in [-0.2, -0.15) is 0 Å². The van der Waals surface area contributed by atoms with Crippen molar-refractivity contribution in [2.24, 2.45) is 5.16 Å². The molecule has 1 aromatic carbocycles. The van der Waals surface area contributed by atoms with Gasteiger partial charge in [-0.15, -0.1) is 0 Å². The number of rotatable bonds is 6. The number of para-hydroxylation sites is 1. The smallest absolute Gasteiger partial charge is 0.131 e. The molecule has 4 nitrogen and oxygen atoms in total. The molecule has 4 heteroatoms. The van der Waals surface area contributed by atoms with Gasteiger partial charge in [0, 0.05) is 12.1 Å². The fourth-order valence-corrected chi connectivity index (χ4v) is 1.74. The Morgan fingerprint density at radius 1 is 1.39 bits per heavy atom. The Morgan fingerprint density at radius 3 is 2.72 bits per heavy atom. The summed E-state index contributed by atoms with van der Waals surface area (Å²) in [5.74, 6) is 0.812. The van der Waals surface area contributed by atoms with E-state index in [1.54, 1.807) is 6.92 Å². The van der Waals surface area contributed by atoms with E-state index in [0.717, 1.165) is 29.8 Å². The molecule has 0 aromatic heterocycles. The fraction of sp³-hybridized carbons (Fsp3) is 0.500. The van der Waals surface area contributed by atoms with Gasteiger partial charge in [0.2, 0.25) is 0 Å². The minimum atomic E-state index is 0.571. The van der Waals surface area contributed by atoms with E-state index in [4.69, 9.17) is 9.94 Å². The first-order valence-electron chi connectivity index (χ1n) is 6.12. The van der Waals surface area contributed by atoms with Crippen LogP contribution in [0.25, 0.3) is 0 Å². The van der Waals surface area contributed by atoms with Crippen molar-refractivity contribution in [3.63, 3.8) is 0 Å². The molecule has 0 heterocycles. The molecule has 1 rings (SSSR count). The van der Waals surface area contributed by atoms with Crippen molar-refractivity contribution >= 4 is 5.71 Å². The van der Waals surface area contributed by atoms with E-state index in [2.05, 4.69) is 10.1 Å². The molecule has 0 saturated heterocycles. The maximum Gasteiger partial charge on any atom is 0.131 e. The van der Waals surface area contributed by atoms with Crippen molar-refractivity contribution in [2.45, 2.75) is 20.3 Å². The van der Waals surface area contributed by atoms with E-state index in [1.165, 1.54) is 0 Å². The summed E-state index contributed by atoms with van der Waals surface area (Å²) in [6, 6.07) is 5.84. The van der Waals surface area contributed by atoms with Gasteiger partial charge in [0.05, 0.1) is 12.3 Å². The van der Waals surface area contributed by atoms with E-state index < -0.39 is 0 Å². The van der Waals surface area contributed by atoms with Crippen molar-refractivity contribution in [3.8, 4) is 5.75 Å². The first kappa shape index (κ1) is 14.5. The molecular weight excluding hydrogens is 228 g/mol. The number of benzene rings is 1. The Bertz CT molecular complexity index is 414. The first-order valence-corrected chi connectivity index (χ1v) is 6.12. The standard InChI is InChI=1S/C14H22N2O2/c1-11-7-5-8-13(12(2)15-17)14(11)18-10-6-9-16(3)4/h5,7-8,17H,6,9-10H2,1-4H3/b15-12+. The van der Waals surface area contributed by atoms with Gasteiger partial charge in [-0.1, -0.05) is 17.3 Å². The highest BCUT2D eigenvalue weighted by atomic mass is 16.5. The maximum atomic E-state index is 8.87. The van der Waals surface area contributed by atoms with Crippen LogP contribution in [-0.4, -0.2) is 43.1 Å². The van der Waals surface area contributed by atoms with Crippen LogP contribution in [0.4, 0.5) is 0 Å². The van der Waals surface area contributed by atoms with Gasteiger partial charge in [-0.3, -0.25) is 0 Å². The predicted molar refractivity (Wildman–Crippen MR) is 73.8 cm³/mol. The van der Waals surface area contributed by atoms with Gasteiger partial charge in [-0.25, -0.2) is 0 Å². The summed E-state index contributed by atoms with van der Waals surface area (Å²) in [7, 11) is 4.09. The van der Waals surface area contributed by atoms with Crippen LogP contribution < -0.4 is 4.74 Å². The van der Waals surface area contributed by atoms with Gasteiger partial charge in [-0.05, 0) is 46.0 Å². The zero-order valence-electron chi connectivity index (χ0n) is 11.6. The lowest BCUT2D eigenvalue weighted by atomic mass is 10.1. The number of hydrogen-bond acceptors (Lipinski definition) is 4. The largest absolute Gasteiger partial charge is 0.493 e. The molecule has 0 aliphatic heterocycles. The predicted octanol–water partition coefficient (Wildman–Crippen LogP) is 2.52. The van der Waals surface area contributed by atoms with Crippen LogP contribution in [0.2, 0.25) is 0 Å². The minimum absolute atomic E-state index is 0.571. The van der Waals surface area contributed by atoms with Crippen molar-refractivity contribution < 1.29 is 9.94 Å². The lowest BCUT2D eigenvalue weighted by Crippen LogP contribution is -2.16. The average molecular weight is 250 g/mol. The van der Waals surface area contributed by atoms with Crippen LogP contribution in [0.1, 0.15) is 24.5 Å². The van der Waals surface area contributed by atoms with Gasteiger partial charge < -0.3 is 14.8 Å². The summed E-state index contributed by atoms with van der Waals surface area (Å²) in [6.45, 7) is 5.42. The van der Waals surface area contributed by atoms with E-state index in [0.29, 0.717) is 12.3 Å². The quantitative estimate of drug-likeness (QED) is 0.365. The Balaban J connectivity index is 2.74. The van der Waals surface area contributed by atoms with Crippen LogP contribution in [0.15, 0.2) is 23.4 Å². The third kappa shape index (κ3) is 4.04. The Kier molecular flexibility index (Phi) is 5.65. The molecule has 1 N–H and O–H groups in total. The zero-order valence-corrected chi connectivity index (χ0v) is 11.6. The molecule has 0 amide bonds. The Labute approximate surface area is 109 Å². The van der Waals surface area contributed by atoms with Crippen LogP contribution in [0.5, 0.6) is 5.75 Å². The summed E-state index contributed by atoms with van der Waals surface area (Å²) in [4.78, 5) is 2.13. The topological polar surface area (TPSA) is 45.1 Å². The molecule has 0 aliphatic rings. The highest BCUT2D eigenvalue weighted by Gasteiger charge is 2.09. The fourth-order valence-electron chi connectivity index (χ4n) is 1.74. The number of aryl methyl sites for hydroxylation is 1. The molecule has 18 heavy (non-hydrogen) atoms. The summed E-state index contributed by atoms with van der Waals surface area (Å²) in [6.07, 6.45) is 0.968. The first-order chi connectivity index (χ1) is 8.56. The number of hydrogen-bond donors (Lipinski definition) is 1. The SMILES string of the molecule is C/C(=N\O)c1cccc(C)c1OCCCN(C)C. The molecule has 0 fully saturated rings.